The number of nitrogens with one attached hydrogen (secondary N) is 1. The van der Waals surface area contributed by atoms with Crippen LogP contribution in [0.4, 0.5) is 10.1 Å². The van der Waals surface area contributed by atoms with E-state index in [1.165, 1.54) is 6.07 Å². The Morgan fingerprint density at radius 2 is 2.24 bits per heavy atom. The zero-order valence-corrected chi connectivity index (χ0v) is 10.3. The Morgan fingerprint density at radius 1 is 1.47 bits per heavy atom. The van der Waals surface area contributed by atoms with Crippen LogP contribution >= 0.6 is 11.3 Å². The molecule has 0 aliphatic rings. The van der Waals surface area contributed by atoms with Crippen LogP contribution in [-0.4, -0.2) is 5.11 Å². The van der Waals surface area contributed by atoms with E-state index in [-0.39, 0.29) is 6.61 Å². The third kappa shape index (κ3) is 2.30. The van der Waals surface area contributed by atoms with E-state index in [2.05, 4.69) is 4.98 Å². The number of hydrogen-bond acceptors (Lipinski definition) is 3. The number of pyridine rings is 1. The summed E-state index contributed by atoms with van der Waals surface area (Å²) in [6, 6.07) is 3.17. The van der Waals surface area contributed by atoms with Gasteiger partial charge in [-0.15, -0.1) is 15.7 Å². The van der Waals surface area contributed by atoms with Crippen LogP contribution in [0.3, 0.4) is 0 Å². The fraction of sp³-hybridized carbons (Fsp3) is 0.250. The molecule has 0 unspecified atom stereocenters. The Kier molecular flexibility index (Phi) is 3.40. The molecule has 0 radical (unpaired) electrons. The van der Waals surface area contributed by atoms with Gasteiger partial charge in [-0.1, -0.05) is 6.92 Å². The maximum Gasteiger partial charge on any atom is 0.358 e. The maximum atomic E-state index is 13.0. The molecule has 2 aromatic rings. The van der Waals surface area contributed by atoms with Crippen molar-refractivity contribution in [1.82, 2.24) is 0 Å². The Labute approximate surface area is 103 Å². The first-order chi connectivity index (χ1) is 8.15. The monoisotopic (exact) mass is 253 g/mol. The molecule has 5 heteroatoms. The Bertz CT molecular complexity index is 539. The molecule has 0 bridgehead atoms. The molecule has 2 heterocycles. The highest BCUT2D eigenvalue weighted by atomic mass is 32.1. The Hall–Kier alpha value is -1.46. The van der Waals surface area contributed by atoms with E-state index in [1.54, 1.807) is 17.5 Å². The molecule has 0 aromatic carbocycles. The van der Waals surface area contributed by atoms with Gasteiger partial charge < -0.3 is 10.8 Å². The van der Waals surface area contributed by atoms with Crippen LogP contribution in [0.2, 0.25) is 0 Å². The van der Waals surface area contributed by atoms with Gasteiger partial charge in [0.2, 0.25) is 0 Å². The molecule has 0 aliphatic heterocycles. The number of aliphatic hydroxyl groups is 1. The smallest absolute Gasteiger partial charge is 0.358 e. The van der Waals surface area contributed by atoms with Crippen LogP contribution in [0.1, 0.15) is 17.4 Å². The molecule has 0 saturated heterocycles. The summed E-state index contributed by atoms with van der Waals surface area (Å²) in [5.41, 5.74) is 7.98. The molecule has 4 N–H and O–H groups in total. The number of thiophene rings is 1. The second-order valence-corrected chi connectivity index (χ2v) is 4.86. The van der Waals surface area contributed by atoms with Gasteiger partial charge in [-0.2, -0.15) is 4.98 Å². The quantitative estimate of drug-likeness (QED) is 0.822. The summed E-state index contributed by atoms with van der Waals surface area (Å²) >= 11 is 1.57. The lowest BCUT2D eigenvalue weighted by Crippen LogP contribution is -2.09. The van der Waals surface area contributed by atoms with Crippen molar-refractivity contribution in [3.05, 3.63) is 34.7 Å². The van der Waals surface area contributed by atoms with Gasteiger partial charge in [-0.05, 0) is 12.5 Å². The first-order valence-corrected chi connectivity index (χ1v) is 6.16. The molecule has 0 saturated carbocycles. The minimum Gasteiger partial charge on any atom is -0.398 e. The van der Waals surface area contributed by atoms with Gasteiger partial charge in [0, 0.05) is 27.1 Å². The van der Waals surface area contributed by atoms with Crippen molar-refractivity contribution in [2.24, 2.45) is 0 Å². The fourth-order valence-corrected chi connectivity index (χ4v) is 2.79. The van der Waals surface area contributed by atoms with Gasteiger partial charge in [0.25, 0.3) is 0 Å². The zero-order chi connectivity index (χ0) is 12.4. The molecule has 3 nitrogen and oxygen atoms in total. The summed E-state index contributed by atoms with van der Waals surface area (Å²) in [5, 5.41) is 9.23. The average molecular weight is 253 g/mol. The number of halogens is 1. The number of aromatic amines is 1. The van der Waals surface area contributed by atoms with Gasteiger partial charge in [-0.3, -0.25) is 0 Å². The Balaban J connectivity index is 2.51. The van der Waals surface area contributed by atoms with Crippen molar-refractivity contribution in [3.63, 3.8) is 0 Å². The van der Waals surface area contributed by atoms with Gasteiger partial charge in [0.15, 0.2) is 6.20 Å². The van der Waals surface area contributed by atoms with Gasteiger partial charge >= 0.3 is 5.95 Å². The number of H-pyrrole nitrogens is 1. The predicted molar refractivity (Wildman–Crippen MR) is 66.0 cm³/mol. The second-order valence-electron chi connectivity index (χ2n) is 3.72. The number of aliphatic hydroxyl groups excluding tert-OH is 1. The van der Waals surface area contributed by atoms with Crippen LogP contribution in [0.5, 0.6) is 0 Å². The van der Waals surface area contributed by atoms with Crippen LogP contribution in [-0.2, 0) is 13.0 Å². The summed E-state index contributed by atoms with van der Waals surface area (Å²) in [6.45, 7) is 1.84. The molecule has 17 heavy (non-hydrogen) atoms. The molecular weight excluding hydrogens is 239 g/mol. The van der Waals surface area contributed by atoms with E-state index in [4.69, 9.17) is 5.73 Å². The average Bonchev–Trinajstić information content (AvgIpc) is 2.70. The number of aromatic nitrogens is 1. The van der Waals surface area contributed by atoms with Crippen LogP contribution in [0.15, 0.2) is 18.3 Å². The highest BCUT2D eigenvalue weighted by Gasteiger charge is 2.14. The van der Waals surface area contributed by atoms with E-state index in [9.17, 15) is 9.50 Å². The summed E-state index contributed by atoms with van der Waals surface area (Å²) in [5.74, 6) is -0.460. The van der Waals surface area contributed by atoms with Gasteiger partial charge in [-0.25, -0.2) is 0 Å². The fourth-order valence-electron chi connectivity index (χ4n) is 1.72. The highest BCUT2D eigenvalue weighted by molar-refractivity contribution is 7.16. The number of nitrogens with two attached hydrogens (primary N) is 1. The zero-order valence-electron chi connectivity index (χ0n) is 9.46. The van der Waals surface area contributed by atoms with E-state index in [1.807, 2.05) is 13.0 Å². The number of rotatable bonds is 3. The van der Waals surface area contributed by atoms with E-state index in [0.717, 1.165) is 27.4 Å². The molecule has 2 aromatic heterocycles. The summed E-state index contributed by atoms with van der Waals surface area (Å²) in [6.07, 6.45) is 2.43. The lowest BCUT2D eigenvalue weighted by atomic mass is 10.1. The van der Waals surface area contributed by atoms with Crippen molar-refractivity contribution in [1.29, 1.82) is 0 Å². The second kappa shape index (κ2) is 4.81. The van der Waals surface area contributed by atoms with Gasteiger partial charge in [0.05, 0.1) is 12.2 Å². The summed E-state index contributed by atoms with van der Waals surface area (Å²) < 4.78 is 13.0. The Morgan fingerprint density at radius 3 is 2.82 bits per heavy atom. The van der Waals surface area contributed by atoms with E-state index < -0.39 is 5.95 Å². The van der Waals surface area contributed by atoms with Gasteiger partial charge in [0.1, 0.15) is 0 Å². The van der Waals surface area contributed by atoms with E-state index in [0.29, 0.717) is 5.56 Å². The number of hydrogen-bond donors (Lipinski definition) is 2. The van der Waals surface area contributed by atoms with Crippen molar-refractivity contribution in [2.45, 2.75) is 20.0 Å². The van der Waals surface area contributed by atoms with Crippen molar-refractivity contribution >= 4 is 17.0 Å². The lowest BCUT2D eigenvalue weighted by Gasteiger charge is -2.00. The van der Waals surface area contributed by atoms with Crippen LogP contribution < -0.4 is 10.7 Å². The first kappa shape index (κ1) is 12.0. The normalized spacial score (nSPS) is 10.8. The summed E-state index contributed by atoms with van der Waals surface area (Å²) in [4.78, 5) is 4.56. The first-order valence-electron chi connectivity index (χ1n) is 5.35. The third-order valence-electron chi connectivity index (χ3n) is 2.60. The van der Waals surface area contributed by atoms with Crippen LogP contribution in [0, 0.1) is 5.95 Å². The molecule has 0 spiro atoms. The third-order valence-corrected chi connectivity index (χ3v) is 3.93. The summed E-state index contributed by atoms with van der Waals surface area (Å²) in [7, 11) is 0. The number of aryl methyl sites for hydroxylation is 1. The van der Waals surface area contributed by atoms with Crippen LogP contribution in [0.25, 0.3) is 10.4 Å². The minimum atomic E-state index is -0.460. The predicted octanol–water partition coefficient (Wildman–Crippen LogP) is 2.01. The topological polar surface area (TPSA) is 60.4 Å². The molecule has 0 aliphatic carbocycles. The molecule has 2 rings (SSSR count). The largest absolute Gasteiger partial charge is 0.398 e. The number of anilines is 1. The molecule has 0 atom stereocenters. The van der Waals surface area contributed by atoms with Crippen molar-refractivity contribution < 1.29 is 14.5 Å². The number of nitrogen functional groups attached to an aromatic ring is 1. The maximum absolute atomic E-state index is 13.0. The molecular formula is C12H14FN2OS+. The molecule has 90 valence electrons. The minimum absolute atomic E-state index is 0.194. The molecule has 0 fully saturated rings. The highest BCUT2D eigenvalue weighted by Crippen LogP contribution is 2.34. The lowest BCUT2D eigenvalue weighted by molar-refractivity contribution is -0.421. The molecule has 0 amide bonds. The van der Waals surface area contributed by atoms with E-state index >= 15 is 0 Å². The van der Waals surface area contributed by atoms with Crippen molar-refractivity contribution in [2.75, 3.05) is 5.73 Å². The standard InChI is InChI=1S/C12H13FN2OS/c1-2-10-9(14)4-11(17-10)8-5-15-12(13)3-7(8)6-16/h3-5,16H,2,6,14H2,1H3/p+1. The SMILES string of the molecule is CCc1sc(-c2c[nH+]c(F)cc2CO)cc1N. The van der Waals surface area contributed by atoms with Crippen molar-refractivity contribution in [3.8, 4) is 10.4 Å².